The molecule has 234 valence electrons. The van der Waals surface area contributed by atoms with Crippen LogP contribution in [0.2, 0.25) is 0 Å². The van der Waals surface area contributed by atoms with Gasteiger partial charge in [-0.1, -0.05) is 43.4 Å². The predicted molar refractivity (Wildman–Crippen MR) is 163 cm³/mol. The van der Waals surface area contributed by atoms with Gasteiger partial charge in [-0.25, -0.2) is 0 Å². The van der Waals surface area contributed by atoms with Gasteiger partial charge in [0.15, 0.2) is 34.7 Å². The second-order valence-electron chi connectivity index (χ2n) is 13.9. The van der Waals surface area contributed by atoms with Gasteiger partial charge in [0.1, 0.15) is 5.75 Å². The van der Waals surface area contributed by atoms with Gasteiger partial charge in [-0.05, 0) is 68.8 Å². The number of phenols is 1. The quantitative estimate of drug-likeness (QED) is 0.415. The predicted octanol–water partition coefficient (Wildman–Crippen LogP) is 2.23. The van der Waals surface area contributed by atoms with Crippen LogP contribution >= 0.6 is 0 Å². The summed E-state index contributed by atoms with van der Waals surface area (Å²) >= 11 is 0. The van der Waals surface area contributed by atoms with Crippen LogP contribution in [0.3, 0.4) is 0 Å². The van der Waals surface area contributed by atoms with Crippen LogP contribution in [0.4, 0.5) is 5.69 Å². The van der Waals surface area contributed by atoms with Crippen molar-refractivity contribution in [1.82, 2.24) is 4.90 Å². The number of fused-ring (bicyclic) bond motifs is 3. The van der Waals surface area contributed by atoms with E-state index in [1.165, 1.54) is 36.2 Å². The van der Waals surface area contributed by atoms with Gasteiger partial charge in [-0.2, -0.15) is 0 Å². The molecule has 0 spiro atoms. The molecule has 6 rings (SSSR count). The number of hydrogen-bond acceptors (Lipinski definition) is 9. The Morgan fingerprint density at radius 3 is 2.34 bits per heavy atom. The average Bonchev–Trinajstić information content (AvgIpc) is 3.63. The Bertz CT molecular complexity index is 1550. The molecule has 0 heterocycles. The van der Waals surface area contributed by atoms with Gasteiger partial charge in [-0.3, -0.25) is 28.9 Å². The van der Waals surface area contributed by atoms with E-state index in [2.05, 4.69) is 6.08 Å². The highest BCUT2D eigenvalue weighted by Crippen LogP contribution is 2.53. The Morgan fingerprint density at radius 2 is 1.73 bits per heavy atom. The van der Waals surface area contributed by atoms with E-state index in [-0.39, 0.29) is 24.2 Å². The van der Waals surface area contributed by atoms with Crippen LogP contribution in [0.1, 0.15) is 66.4 Å². The Morgan fingerprint density at radius 1 is 1.05 bits per heavy atom. The number of benzene rings is 1. The highest BCUT2D eigenvalue weighted by molar-refractivity contribution is 6.32. The molecular weight excluding hydrogens is 562 g/mol. The Kier molecular flexibility index (Phi) is 7.44. The molecule has 0 saturated heterocycles. The first-order chi connectivity index (χ1) is 20.8. The molecule has 1 aromatic rings. The maximum absolute atomic E-state index is 14.3. The van der Waals surface area contributed by atoms with E-state index in [4.69, 9.17) is 5.73 Å². The lowest BCUT2D eigenvalue weighted by Gasteiger charge is -2.52. The molecule has 3 fully saturated rings. The molecule has 0 radical (unpaired) electrons. The summed E-state index contributed by atoms with van der Waals surface area (Å²) in [6.45, 7) is 0. The van der Waals surface area contributed by atoms with Crippen molar-refractivity contribution in [3.63, 3.8) is 0 Å². The minimum atomic E-state index is -2.73. The number of ketones is 4. The number of phenolic OH excluding ortho intramolecular Hbond substituents is 1. The van der Waals surface area contributed by atoms with Crippen molar-refractivity contribution >= 4 is 40.3 Å². The summed E-state index contributed by atoms with van der Waals surface area (Å²) in [4.78, 5) is 71.0. The average molecular weight is 604 g/mol. The summed E-state index contributed by atoms with van der Waals surface area (Å²) in [5.74, 6) is -9.64. The first-order valence-corrected chi connectivity index (χ1v) is 15.6. The SMILES string of the molecule is CN(C)c1cc(C2=CC=C(CC3CCCC3)C2)c(O)c2c1C[C@H]1C[C@H]3[C@H](N(C)C)C(=O)C(C(N)=O)C(=O)[C@@]3(O)C(=O)C1C2=O. The minimum absolute atomic E-state index is 0.0267. The molecule has 1 aromatic carbocycles. The largest absolute Gasteiger partial charge is 0.507 e. The molecule has 44 heavy (non-hydrogen) atoms. The van der Waals surface area contributed by atoms with Gasteiger partial charge >= 0.3 is 0 Å². The molecule has 10 heteroatoms. The van der Waals surface area contributed by atoms with Crippen LogP contribution in [0.25, 0.3) is 5.57 Å². The molecule has 10 nitrogen and oxygen atoms in total. The van der Waals surface area contributed by atoms with E-state index in [0.717, 1.165) is 17.7 Å². The van der Waals surface area contributed by atoms with Crippen molar-refractivity contribution in [3.05, 3.63) is 40.5 Å². The van der Waals surface area contributed by atoms with Crippen LogP contribution in [0, 0.1) is 29.6 Å². The number of anilines is 1. The van der Waals surface area contributed by atoms with Gasteiger partial charge in [0.25, 0.3) is 0 Å². The highest BCUT2D eigenvalue weighted by atomic mass is 16.3. The molecule has 5 aliphatic rings. The minimum Gasteiger partial charge on any atom is -0.507 e. The maximum atomic E-state index is 14.3. The van der Waals surface area contributed by atoms with E-state index in [1.54, 1.807) is 14.1 Å². The Balaban J connectivity index is 1.40. The van der Waals surface area contributed by atoms with Crippen LogP contribution < -0.4 is 10.6 Å². The zero-order valence-corrected chi connectivity index (χ0v) is 25.8. The number of amides is 1. The Hall–Kier alpha value is -3.63. The smallest absolute Gasteiger partial charge is 0.235 e. The first kappa shape index (κ1) is 30.4. The lowest BCUT2D eigenvalue weighted by molar-refractivity contribution is -0.181. The Labute approximate surface area is 256 Å². The molecule has 0 bridgehead atoms. The number of rotatable bonds is 6. The zero-order valence-electron chi connectivity index (χ0n) is 25.8. The summed E-state index contributed by atoms with van der Waals surface area (Å²) in [7, 11) is 6.86. The molecule has 2 unspecified atom stereocenters. The third kappa shape index (κ3) is 4.40. The number of primary amides is 1. The van der Waals surface area contributed by atoms with Crippen molar-refractivity contribution in [3.8, 4) is 5.75 Å². The standard InChI is InChI=1S/C34H41N3O7/c1-36(2)23-15-20(18-10-9-17(12-18)11-16-7-5-6-8-16)28(38)25-21(23)13-19-14-22-27(37(3)4)30(40)26(33(35)43)32(42)34(22,44)31(41)24(19)29(25)39/h9-10,15-16,19,22,24,26-27,38,44H,5-8,11-14H2,1-4H3,(H2,35,43)/t19-,22-,24?,26?,27-,34-/m0/s1. The van der Waals surface area contributed by atoms with E-state index < -0.39 is 64.4 Å². The maximum Gasteiger partial charge on any atom is 0.235 e. The monoisotopic (exact) mass is 603 g/mol. The second kappa shape index (κ2) is 10.8. The molecule has 1 amide bonds. The van der Waals surface area contributed by atoms with Crippen LogP contribution in [-0.4, -0.2) is 84.0 Å². The van der Waals surface area contributed by atoms with Crippen LogP contribution in [0.5, 0.6) is 5.75 Å². The number of carbonyl (C=O) groups is 5. The van der Waals surface area contributed by atoms with Gasteiger partial charge in [-0.15, -0.1) is 0 Å². The van der Waals surface area contributed by atoms with Crippen molar-refractivity contribution in [2.24, 2.45) is 35.3 Å². The summed E-state index contributed by atoms with van der Waals surface area (Å²) in [5, 5.41) is 23.5. The lowest BCUT2D eigenvalue weighted by Crippen LogP contribution is -2.74. The number of aliphatic hydroxyl groups is 1. The summed E-state index contributed by atoms with van der Waals surface area (Å²) in [6.07, 6.45) is 11.0. The molecule has 6 atom stereocenters. The van der Waals surface area contributed by atoms with Crippen molar-refractivity contribution in [2.45, 2.75) is 63.0 Å². The van der Waals surface area contributed by atoms with Crippen molar-refractivity contribution < 1.29 is 34.2 Å². The number of hydrogen-bond donors (Lipinski definition) is 3. The number of Topliss-reactive ketones (excluding diaryl/α,β-unsaturated/α-hetero) is 4. The third-order valence-electron chi connectivity index (χ3n) is 10.8. The van der Waals surface area contributed by atoms with E-state index >= 15 is 0 Å². The number of carbonyl (C=O) groups excluding carboxylic acids is 5. The fraction of sp³-hybridized carbons (Fsp3) is 0.559. The molecule has 4 N–H and O–H groups in total. The summed E-state index contributed by atoms with van der Waals surface area (Å²) < 4.78 is 0. The highest BCUT2D eigenvalue weighted by Gasteiger charge is 2.69. The van der Waals surface area contributed by atoms with Crippen molar-refractivity contribution in [1.29, 1.82) is 0 Å². The lowest BCUT2D eigenvalue weighted by atomic mass is 9.52. The van der Waals surface area contributed by atoms with Crippen molar-refractivity contribution in [2.75, 3.05) is 33.1 Å². The van der Waals surface area contributed by atoms with Crippen LogP contribution in [0.15, 0.2) is 23.8 Å². The van der Waals surface area contributed by atoms with Gasteiger partial charge < -0.3 is 20.8 Å². The molecule has 0 aliphatic heterocycles. The number of aromatic hydroxyl groups is 1. The van der Waals surface area contributed by atoms with Gasteiger partial charge in [0.05, 0.1) is 17.5 Å². The zero-order chi connectivity index (χ0) is 31.8. The van der Waals surface area contributed by atoms with Gasteiger partial charge in [0.2, 0.25) is 5.91 Å². The first-order valence-electron chi connectivity index (χ1n) is 15.6. The van der Waals surface area contributed by atoms with E-state index in [0.29, 0.717) is 23.5 Å². The van der Waals surface area contributed by atoms with Gasteiger partial charge in [0, 0.05) is 31.3 Å². The van der Waals surface area contributed by atoms with E-state index in [1.807, 2.05) is 31.1 Å². The molecule has 3 saturated carbocycles. The fourth-order valence-electron chi connectivity index (χ4n) is 8.79. The molecule has 0 aromatic heterocycles. The summed E-state index contributed by atoms with van der Waals surface area (Å²) in [6, 6.07) is 0.773. The fourth-order valence-corrected chi connectivity index (χ4v) is 8.79. The molecular formula is C34H41N3O7. The molecule has 5 aliphatic carbocycles. The summed E-state index contributed by atoms with van der Waals surface area (Å²) in [5.41, 5.74) is 6.77. The second-order valence-corrected chi connectivity index (χ2v) is 13.9. The van der Waals surface area contributed by atoms with Crippen LogP contribution in [-0.2, 0) is 25.6 Å². The third-order valence-corrected chi connectivity index (χ3v) is 10.8. The number of allylic oxidation sites excluding steroid dienone is 4. The normalized spacial score (nSPS) is 31.9. The number of nitrogens with zero attached hydrogens (tertiary/aromatic N) is 2. The number of nitrogens with two attached hydrogens (primary N) is 1. The van der Waals surface area contributed by atoms with E-state index in [9.17, 15) is 34.2 Å². The topological polar surface area (TPSA) is 158 Å². The number of likely N-dealkylation sites (N-methyl/N-ethyl adjacent to an activating group) is 1.